The third-order valence-electron chi connectivity index (χ3n) is 2.40. The lowest BCUT2D eigenvalue weighted by molar-refractivity contribution is 0.112. The lowest BCUT2D eigenvalue weighted by atomic mass is 10.2. The zero-order chi connectivity index (χ0) is 12.3. The van der Waals surface area contributed by atoms with Crippen molar-refractivity contribution in [2.75, 3.05) is 11.9 Å². The maximum absolute atomic E-state index is 13.7. The maximum Gasteiger partial charge on any atom is 0.150 e. The number of aldehydes is 1. The zero-order valence-corrected chi connectivity index (χ0v) is 10.1. The number of halogens is 1. The van der Waals surface area contributed by atoms with Gasteiger partial charge in [-0.25, -0.2) is 9.37 Å². The third-order valence-corrected chi connectivity index (χ3v) is 3.04. The molecule has 0 aliphatic rings. The van der Waals surface area contributed by atoms with Crippen LogP contribution in [-0.4, -0.2) is 18.3 Å². The van der Waals surface area contributed by atoms with E-state index in [9.17, 15) is 9.18 Å². The molecule has 0 atom stereocenters. The molecule has 17 heavy (non-hydrogen) atoms. The van der Waals surface area contributed by atoms with Crippen molar-refractivity contribution in [2.45, 2.75) is 6.54 Å². The molecule has 0 unspecified atom stereocenters. The van der Waals surface area contributed by atoms with Crippen molar-refractivity contribution in [3.05, 3.63) is 46.2 Å². The van der Waals surface area contributed by atoms with Gasteiger partial charge in [-0.2, -0.15) is 0 Å². The summed E-state index contributed by atoms with van der Waals surface area (Å²) in [6.45, 7) is 0.543. The highest BCUT2D eigenvalue weighted by atomic mass is 32.1. The summed E-state index contributed by atoms with van der Waals surface area (Å²) in [5.41, 5.74) is 3.45. The van der Waals surface area contributed by atoms with Crippen molar-refractivity contribution in [1.29, 1.82) is 0 Å². The number of hydrogen-bond acceptors (Lipinski definition) is 4. The van der Waals surface area contributed by atoms with Gasteiger partial charge in [-0.05, 0) is 18.2 Å². The largest absolute Gasteiger partial charge is 0.366 e. The van der Waals surface area contributed by atoms with Crippen LogP contribution in [0, 0.1) is 5.82 Å². The summed E-state index contributed by atoms with van der Waals surface area (Å²) in [5, 5.41) is 1.92. The number of rotatable bonds is 4. The molecule has 0 saturated carbocycles. The number of anilines is 1. The highest BCUT2D eigenvalue weighted by molar-refractivity contribution is 7.07. The highest BCUT2D eigenvalue weighted by Gasteiger charge is 2.09. The van der Waals surface area contributed by atoms with E-state index >= 15 is 0 Å². The number of thiazole rings is 1. The van der Waals surface area contributed by atoms with Gasteiger partial charge in [-0.15, -0.1) is 11.3 Å². The summed E-state index contributed by atoms with van der Waals surface area (Å²) in [5.74, 6) is -0.396. The molecule has 0 saturated heterocycles. The quantitative estimate of drug-likeness (QED) is 0.782. The minimum Gasteiger partial charge on any atom is -0.366 e. The predicted octanol–water partition coefficient (Wildman–Crippen LogP) is 2.73. The van der Waals surface area contributed by atoms with E-state index in [1.54, 1.807) is 29.6 Å². The molecule has 0 aliphatic carbocycles. The monoisotopic (exact) mass is 250 g/mol. The second kappa shape index (κ2) is 5.05. The average molecular weight is 250 g/mol. The van der Waals surface area contributed by atoms with Crippen LogP contribution in [0.4, 0.5) is 10.1 Å². The Kier molecular flexibility index (Phi) is 3.49. The van der Waals surface area contributed by atoms with Gasteiger partial charge in [0.1, 0.15) is 12.1 Å². The van der Waals surface area contributed by atoms with Crippen LogP contribution >= 0.6 is 11.3 Å². The summed E-state index contributed by atoms with van der Waals surface area (Å²) < 4.78 is 13.7. The standard InChI is InChI=1S/C12H11FN2OS/c1-15(5-10-7-17-8-14-10)12-3-2-9(6-16)4-11(12)13/h2-4,6-8H,5H2,1H3. The van der Waals surface area contributed by atoms with Crippen molar-refractivity contribution >= 4 is 23.3 Å². The van der Waals surface area contributed by atoms with E-state index in [0.717, 1.165) is 5.69 Å². The fourth-order valence-corrected chi connectivity index (χ4v) is 2.10. The molecule has 1 aromatic heterocycles. The van der Waals surface area contributed by atoms with Crippen molar-refractivity contribution in [3.63, 3.8) is 0 Å². The van der Waals surface area contributed by atoms with Gasteiger partial charge in [0, 0.05) is 18.0 Å². The van der Waals surface area contributed by atoms with Crippen molar-refractivity contribution in [1.82, 2.24) is 4.98 Å². The van der Waals surface area contributed by atoms with Gasteiger partial charge in [0.15, 0.2) is 0 Å². The molecule has 88 valence electrons. The van der Waals surface area contributed by atoms with Gasteiger partial charge in [0.2, 0.25) is 0 Å². The van der Waals surface area contributed by atoms with Gasteiger partial charge in [0.05, 0.1) is 23.4 Å². The van der Waals surface area contributed by atoms with Crippen molar-refractivity contribution in [3.8, 4) is 0 Å². The Morgan fingerprint density at radius 3 is 2.94 bits per heavy atom. The molecule has 2 aromatic rings. The lowest BCUT2D eigenvalue weighted by Crippen LogP contribution is -2.17. The second-order valence-electron chi connectivity index (χ2n) is 3.66. The van der Waals surface area contributed by atoms with E-state index in [1.165, 1.54) is 17.4 Å². The number of benzene rings is 1. The molecule has 0 spiro atoms. The van der Waals surface area contributed by atoms with E-state index in [4.69, 9.17) is 0 Å². The summed E-state index contributed by atoms with van der Waals surface area (Å²) in [7, 11) is 1.79. The highest BCUT2D eigenvalue weighted by Crippen LogP contribution is 2.20. The molecule has 3 nitrogen and oxygen atoms in total. The van der Waals surface area contributed by atoms with Crippen molar-refractivity contribution < 1.29 is 9.18 Å². The molecule has 0 amide bonds. The smallest absolute Gasteiger partial charge is 0.150 e. The number of carbonyl (C=O) groups is 1. The maximum atomic E-state index is 13.7. The normalized spacial score (nSPS) is 10.2. The summed E-state index contributed by atoms with van der Waals surface area (Å²) in [6.07, 6.45) is 0.632. The van der Waals surface area contributed by atoms with E-state index in [0.29, 0.717) is 24.1 Å². The first kappa shape index (κ1) is 11.7. The van der Waals surface area contributed by atoms with E-state index in [-0.39, 0.29) is 0 Å². The molecule has 0 aliphatic heterocycles. The molecule has 0 radical (unpaired) electrons. The summed E-state index contributed by atoms with van der Waals surface area (Å²) >= 11 is 1.51. The molecular weight excluding hydrogens is 239 g/mol. The minimum absolute atomic E-state index is 0.341. The van der Waals surface area contributed by atoms with Gasteiger partial charge in [-0.1, -0.05) is 0 Å². The number of nitrogens with zero attached hydrogens (tertiary/aromatic N) is 2. The summed E-state index contributed by atoms with van der Waals surface area (Å²) in [4.78, 5) is 16.4. The molecule has 5 heteroatoms. The Morgan fingerprint density at radius 2 is 2.35 bits per heavy atom. The zero-order valence-electron chi connectivity index (χ0n) is 9.26. The topological polar surface area (TPSA) is 33.2 Å². The lowest BCUT2D eigenvalue weighted by Gasteiger charge is -2.18. The first-order valence-electron chi connectivity index (χ1n) is 5.03. The predicted molar refractivity (Wildman–Crippen MR) is 66.0 cm³/mol. The van der Waals surface area contributed by atoms with Gasteiger partial charge in [0.25, 0.3) is 0 Å². The number of aromatic nitrogens is 1. The van der Waals surface area contributed by atoms with Crippen molar-refractivity contribution in [2.24, 2.45) is 0 Å². The Hall–Kier alpha value is -1.75. The van der Waals surface area contributed by atoms with Gasteiger partial charge < -0.3 is 4.90 Å². The molecular formula is C12H11FN2OS. The minimum atomic E-state index is -0.396. The number of carbonyl (C=O) groups excluding carboxylic acids is 1. The Balaban J connectivity index is 2.19. The van der Waals surface area contributed by atoms with Crippen LogP contribution < -0.4 is 4.90 Å². The van der Waals surface area contributed by atoms with Gasteiger partial charge >= 0.3 is 0 Å². The fraction of sp³-hybridized carbons (Fsp3) is 0.167. The van der Waals surface area contributed by atoms with E-state index in [1.807, 2.05) is 5.38 Å². The first-order valence-corrected chi connectivity index (χ1v) is 5.98. The van der Waals surface area contributed by atoms with Crippen LogP contribution in [0.5, 0.6) is 0 Å². The molecule has 0 bridgehead atoms. The van der Waals surface area contributed by atoms with Crippen LogP contribution in [-0.2, 0) is 6.54 Å². The van der Waals surface area contributed by atoms with E-state index in [2.05, 4.69) is 4.98 Å². The van der Waals surface area contributed by atoms with Gasteiger partial charge in [-0.3, -0.25) is 4.79 Å². The summed E-state index contributed by atoms with van der Waals surface area (Å²) in [6, 6.07) is 4.44. The fourth-order valence-electron chi connectivity index (χ4n) is 1.55. The molecule has 0 fully saturated rings. The number of hydrogen-bond donors (Lipinski definition) is 0. The van der Waals surface area contributed by atoms with Crippen LogP contribution in [0.1, 0.15) is 16.1 Å². The Labute approximate surface area is 103 Å². The Morgan fingerprint density at radius 1 is 1.53 bits per heavy atom. The van der Waals surface area contributed by atoms with Crippen LogP contribution in [0.3, 0.4) is 0 Å². The SMILES string of the molecule is CN(Cc1cscn1)c1ccc(C=O)cc1F. The second-order valence-corrected chi connectivity index (χ2v) is 4.38. The molecule has 0 N–H and O–H groups in total. The Bertz CT molecular complexity index is 513. The van der Waals surface area contributed by atoms with Crippen LogP contribution in [0.25, 0.3) is 0 Å². The molecule has 2 rings (SSSR count). The molecule has 1 aromatic carbocycles. The van der Waals surface area contributed by atoms with Crippen LogP contribution in [0.15, 0.2) is 29.1 Å². The van der Waals surface area contributed by atoms with E-state index < -0.39 is 5.82 Å². The molecule has 1 heterocycles. The van der Waals surface area contributed by atoms with Crippen LogP contribution in [0.2, 0.25) is 0 Å². The third kappa shape index (κ3) is 2.68. The average Bonchev–Trinajstić information content (AvgIpc) is 2.81. The first-order chi connectivity index (χ1) is 8.20.